The van der Waals surface area contributed by atoms with E-state index in [1.165, 1.54) is 26.0 Å². The maximum absolute atomic E-state index is 14.2. The molecule has 61 heavy (non-hydrogen) atoms. The molecule has 0 aliphatic carbocycles. The number of aliphatic hydroxyl groups excluding tert-OH is 2. The third-order valence-corrected chi connectivity index (χ3v) is 12.2. The van der Waals surface area contributed by atoms with Gasteiger partial charge in [-0.15, -0.1) is 6.58 Å². The molecule has 0 saturated carbocycles. The number of nitro groups is 1. The lowest BCUT2D eigenvalue weighted by atomic mass is 9.78. The van der Waals surface area contributed by atoms with Crippen LogP contribution in [-0.2, 0) is 44.5 Å². The Kier molecular flexibility index (Phi) is 19.3. The molecule has 1 unspecified atom stereocenters. The molecule has 5 N–H and O–H groups in total. The number of hydrogen-bond acceptors (Lipinski definition) is 15. The average molecular weight is 865 g/mol. The number of aliphatic hydroxyl groups is 3. The molecular weight excluding hydrogens is 792 g/mol. The highest BCUT2D eigenvalue weighted by atomic mass is 16.7. The first-order valence-electron chi connectivity index (χ1n) is 21.4. The first-order chi connectivity index (χ1) is 28.5. The highest BCUT2D eigenvalue weighted by Crippen LogP contribution is 2.38. The van der Waals surface area contributed by atoms with E-state index in [9.17, 15) is 39.8 Å². The summed E-state index contributed by atoms with van der Waals surface area (Å²) in [6.45, 7) is 19.2. The molecular formula is C44H72N4O13. The van der Waals surface area contributed by atoms with Gasteiger partial charge in [0.25, 0.3) is 5.69 Å². The fraction of sp³-hybridized carbons (Fsp3) is 0.750. The SMILES string of the molecule is C=CCO[C@]1(C)C[C@@H](C)NC(=O)[C@H](C)[C@@H](O)[C@](C)(O)[C@@H](CC)OC(=O)[C@H](C)[C@@H](OC(=O)CCNC(C)Cc2ccc([N+](=O)[O-])cc2)[C@H](C)[C@H]1O[C@@H]1O[C@H](C)C[C@H](N(C)C)[C@H]1O. The second-order valence-electron chi connectivity index (χ2n) is 17.8. The number of likely N-dealkylation sites (N-methyl/N-ethyl adjacent to an activating group) is 1. The van der Waals surface area contributed by atoms with Crippen molar-refractivity contribution in [3.63, 3.8) is 0 Å². The fourth-order valence-corrected chi connectivity index (χ4v) is 8.65. The largest absolute Gasteiger partial charge is 0.461 e. The van der Waals surface area contributed by atoms with Gasteiger partial charge in [-0.3, -0.25) is 24.5 Å². The Morgan fingerprint density at radius 2 is 1.77 bits per heavy atom. The molecule has 2 heterocycles. The van der Waals surface area contributed by atoms with Crippen LogP contribution in [0.15, 0.2) is 36.9 Å². The minimum Gasteiger partial charge on any atom is -0.461 e. The summed E-state index contributed by atoms with van der Waals surface area (Å²) in [5, 5.41) is 52.0. The standard InChI is InChI=1S/C44H72N4O13/c1-13-21-57-43(9)24-26(4)46-40(52)30(8)38(51)44(10,54)34(14-2)59-41(53)29(7)37(28(6)39(43)61-42-36(50)33(47(11)12)23-27(5)58-42)60-35(49)19-20-45-25(3)22-31-15-17-32(18-16-31)48(55)56/h13,15-18,25-30,33-34,36-39,42,45,50-51,54H,1,14,19-24H2,2-12H3,(H,46,52)/t25?,26-,27-,28+,29-,30-,33+,34-,36-,37+,38-,39-,42+,43-,44-/m1/s1. The monoisotopic (exact) mass is 865 g/mol. The number of carbonyl (C=O) groups excluding carboxylic acids is 3. The lowest BCUT2D eigenvalue weighted by molar-refractivity contribution is -0.384. The highest BCUT2D eigenvalue weighted by molar-refractivity contribution is 5.79. The molecule has 1 amide bonds. The van der Waals surface area contributed by atoms with Gasteiger partial charge in [-0.1, -0.05) is 39.0 Å². The molecule has 0 spiro atoms. The van der Waals surface area contributed by atoms with Crippen LogP contribution in [0.25, 0.3) is 0 Å². The van der Waals surface area contributed by atoms with Crippen molar-refractivity contribution in [3.8, 4) is 0 Å². The van der Waals surface area contributed by atoms with Crippen LogP contribution in [0.5, 0.6) is 0 Å². The summed E-state index contributed by atoms with van der Waals surface area (Å²) in [7, 11) is 3.70. The number of non-ortho nitro benzene ring substituents is 1. The van der Waals surface area contributed by atoms with E-state index >= 15 is 0 Å². The number of amides is 1. The summed E-state index contributed by atoms with van der Waals surface area (Å²) in [5.74, 6) is -5.21. The van der Waals surface area contributed by atoms with Crippen LogP contribution in [0.2, 0.25) is 0 Å². The molecule has 1 aromatic rings. The lowest BCUT2D eigenvalue weighted by Gasteiger charge is -2.48. The number of rotatable bonds is 15. The summed E-state index contributed by atoms with van der Waals surface area (Å²) < 4.78 is 31.8. The predicted molar refractivity (Wildman–Crippen MR) is 227 cm³/mol. The Morgan fingerprint density at radius 1 is 1.13 bits per heavy atom. The van der Waals surface area contributed by atoms with E-state index in [2.05, 4.69) is 17.2 Å². The third kappa shape index (κ3) is 13.7. The first kappa shape index (κ1) is 51.8. The van der Waals surface area contributed by atoms with E-state index in [1.807, 2.05) is 32.8 Å². The van der Waals surface area contributed by atoms with Gasteiger partial charge in [0.15, 0.2) is 6.29 Å². The van der Waals surface area contributed by atoms with Gasteiger partial charge >= 0.3 is 11.9 Å². The van der Waals surface area contributed by atoms with Crippen molar-refractivity contribution >= 4 is 23.5 Å². The van der Waals surface area contributed by atoms with Crippen LogP contribution in [0.1, 0.15) is 93.6 Å². The quantitative estimate of drug-likeness (QED) is 0.0737. The second-order valence-corrected chi connectivity index (χ2v) is 17.8. The molecule has 0 radical (unpaired) electrons. The summed E-state index contributed by atoms with van der Waals surface area (Å²) >= 11 is 0. The number of nitro benzene ring substituents is 1. The molecule has 17 nitrogen and oxygen atoms in total. The van der Waals surface area contributed by atoms with Gasteiger partial charge in [0, 0.05) is 42.7 Å². The van der Waals surface area contributed by atoms with Crippen molar-refractivity contribution in [2.24, 2.45) is 17.8 Å². The number of nitrogens with zero attached hydrogens (tertiary/aromatic N) is 2. The molecule has 3 rings (SSSR count). The fourth-order valence-electron chi connectivity index (χ4n) is 8.65. The molecule has 2 aliphatic rings. The van der Waals surface area contributed by atoms with Crippen molar-refractivity contribution < 1.29 is 58.3 Å². The van der Waals surface area contributed by atoms with E-state index in [0.717, 1.165) is 5.56 Å². The zero-order valence-corrected chi connectivity index (χ0v) is 37.9. The number of cyclic esters (lactones) is 1. The molecule has 17 heteroatoms. The zero-order valence-electron chi connectivity index (χ0n) is 37.9. The van der Waals surface area contributed by atoms with Gasteiger partial charge < -0.3 is 54.5 Å². The Bertz CT molecular complexity index is 1610. The predicted octanol–water partition coefficient (Wildman–Crippen LogP) is 3.44. The van der Waals surface area contributed by atoms with Crippen molar-refractivity contribution in [2.45, 2.75) is 167 Å². The van der Waals surface area contributed by atoms with Crippen molar-refractivity contribution in [1.29, 1.82) is 0 Å². The Hall–Kier alpha value is -3.55. The van der Waals surface area contributed by atoms with E-state index in [4.69, 9.17) is 23.7 Å². The molecule has 0 bridgehead atoms. The summed E-state index contributed by atoms with van der Waals surface area (Å²) in [6, 6.07) is 5.18. The van der Waals surface area contributed by atoms with E-state index < -0.39 is 94.6 Å². The van der Waals surface area contributed by atoms with Crippen molar-refractivity contribution in [2.75, 3.05) is 27.2 Å². The van der Waals surface area contributed by atoms with Gasteiger partial charge in [0.2, 0.25) is 5.91 Å². The average Bonchev–Trinajstić information content (AvgIpc) is 3.19. The van der Waals surface area contributed by atoms with Gasteiger partial charge in [0.1, 0.15) is 23.9 Å². The van der Waals surface area contributed by atoms with Gasteiger partial charge in [0.05, 0.1) is 53.7 Å². The molecule has 2 fully saturated rings. The van der Waals surface area contributed by atoms with E-state index in [0.29, 0.717) is 12.8 Å². The maximum atomic E-state index is 14.2. The Balaban J connectivity index is 2.08. The zero-order chi connectivity index (χ0) is 46.0. The molecule has 15 atom stereocenters. The van der Waals surface area contributed by atoms with E-state index in [1.54, 1.807) is 52.8 Å². The number of nitrogens with one attached hydrogen (secondary N) is 2. The number of esters is 2. The number of ether oxygens (including phenoxy) is 5. The summed E-state index contributed by atoms with van der Waals surface area (Å²) in [5.41, 5.74) is -2.52. The summed E-state index contributed by atoms with van der Waals surface area (Å²) in [6.07, 6.45) is -5.13. The number of carbonyl (C=O) groups is 3. The second kappa shape index (κ2) is 22.7. The van der Waals surface area contributed by atoms with Gasteiger partial charge in [-0.05, 0) is 86.9 Å². The minimum atomic E-state index is -2.06. The van der Waals surface area contributed by atoms with Crippen molar-refractivity contribution in [3.05, 3.63) is 52.6 Å². The van der Waals surface area contributed by atoms with Crippen LogP contribution < -0.4 is 10.6 Å². The Morgan fingerprint density at radius 3 is 2.34 bits per heavy atom. The smallest absolute Gasteiger partial charge is 0.312 e. The topological polar surface area (TPSA) is 228 Å². The minimum absolute atomic E-state index is 0.00762. The lowest BCUT2D eigenvalue weighted by Crippen LogP contribution is -2.60. The van der Waals surface area contributed by atoms with Gasteiger partial charge in [-0.25, -0.2) is 0 Å². The third-order valence-electron chi connectivity index (χ3n) is 12.2. The molecule has 1 aromatic carbocycles. The molecule has 2 saturated heterocycles. The number of benzene rings is 1. The van der Waals surface area contributed by atoms with Crippen LogP contribution in [-0.4, -0.2) is 142 Å². The Labute approximate surface area is 361 Å². The van der Waals surface area contributed by atoms with E-state index in [-0.39, 0.29) is 56.3 Å². The van der Waals surface area contributed by atoms with Crippen LogP contribution >= 0.6 is 0 Å². The molecule has 0 aromatic heterocycles. The highest BCUT2D eigenvalue weighted by Gasteiger charge is 2.52. The molecule has 2 aliphatic heterocycles. The normalized spacial score (nSPS) is 36.2. The van der Waals surface area contributed by atoms with Crippen LogP contribution in [0, 0.1) is 27.9 Å². The molecule has 346 valence electrons. The summed E-state index contributed by atoms with van der Waals surface area (Å²) in [4.78, 5) is 54.2. The first-order valence-corrected chi connectivity index (χ1v) is 21.4. The van der Waals surface area contributed by atoms with Crippen LogP contribution in [0.3, 0.4) is 0 Å². The van der Waals surface area contributed by atoms with Crippen molar-refractivity contribution in [1.82, 2.24) is 15.5 Å². The maximum Gasteiger partial charge on any atom is 0.312 e. The number of hydrogen-bond donors (Lipinski definition) is 5. The van der Waals surface area contributed by atoms with Crippen LogP contribution in [0.4, 0.5) is 5.69 Å². The van der Waals surface area contributed by atoms with Gasteiger partial charge in [-0.2, -0.15) is 0 Å².